The molecule has 132 valence electrons. The molecule has 4 nitrogen and oxygen atoms in total. The van der Waals surface area contributed by atoms with Gasteiger partial charge in [-0.2, -0.15) is 0 Å². The molecule has 0 aliphatic rings. The van der Waals surface area contributed by atoms with E-state index in [0.717, 1.165) is 16.9 Å². The second-order valence-electron chi connectivity index (χ2n) is 5.70. The maximum absolute atomic E-state index is 13.7. The van der Waals surface area contributed by atoms with Crippen LogP contribution in [0.5, 0.6) is 11.5 Å². The van der Waals surface area contributed by atoms with E-state index in [4.69, 9.17) is 9.47 Å². The minimum atomic E-state index is -0.470. The number of amides is 1. The number of nitrogens with one attached hydrogen (secondary N) is 1. The van der Waals surface area contributed by atoms with Crippen molar-refractivity contribution in [1.82, 2.24) is 5.32 Å². The zero-order valence-corrected chi connectivity index (χ0v) is 14.8. The Morgan fingerprint density at radius 3 is 2.44 bits per heavy atom. The number of carbonyl (C=O) groups is 1. The lowest BCUT2D eigenvalue weighted by atomic mass is 10.0. The van der Waals surface area contributed by atoms with Gasteiger partial charge in [-0.15, -0.1) is 0 Å². The lowest BCUT2D eigenvalue weighted by Crippen LogP contribution is -2.25. The number of hydrogen-bond acceptors (Lipinski definition) is 3. The van der Waals surface area contributed by atoms with Crippen LogP contribution in [-0.2, 0) is 4.79 Å². The molecule has 0 spiro atoms. The van der Waals surface area contributed by atoms with Crippen LogP contribution in [-0.4, -0.2) is 20.1 Å². The Morgan fingerprint density at radius 1 is 1.12 bits per heavy atom. The van der Waals surface area contributed by atoms with E-state index in [2.05, 4.69) is 5.32 Å². The van der Waals surface area contributed by atoms with E-state index >= 15 is 0 Å². The van der Waals surface area contributed by atoms with Crippen molar-refractivity contribution in [2.45, 2.75) is 19.9 Å². The molecule has 1 amide bonds. The summed E-state index contributed by atoms with van der Waals surface area (Å²) >= 11 is 0. The summed E-state index contributed by atoms with van der Waals surface area (Å²) in [6, 6.07) is 10.1. The summed E-state index contributed by atoms with van der Waals surface area (Å²) in [7, 11) is 3.00. The summed E-state index contributed by atoms with van der Waals surface area (Å²) in [6.45, 7) is 3.87. The number of halogens is 1. The van der Waals surface area contributed by atoms with Crippen LogP contribution in [0, 0.1) is 12.7 Å². The van der Waals surface area contributed by atoms with Crippen molar-refractivity contribution in [2.24, 2.45) is 0 Å². The molecule has 0 aliphatic heterocycles. The standard InChI is InChI=1S/C20H22FNO3/c1-13-5-8-18(24-3)16(11-13)14(2)22-20(23)10-7-15-6-9-19(25-4)17(21)12-15/h5-12,14H,1-4H3,(H,22,23)/b10-7+. The van der Waals surface area contributed by atoms with Gasteiger partial charge in [0.2, 0.25) is 5.91 Å². The summed E-state index contributed by atoms with van der Waals surface area (Å²) in [5.74, 6) is 0.150. The van der Waals surface area contributed by atoms with E-state index in [1.165, 1.54) is 25.3 Å². The quantitative estimate of drug-likeness (QED) is 0.805. The van der Waals surface area contributed by atoms with E-state index in [1.54, 1.807) is 19.3 Å². The van der Waals surface area contributed by atoms with Gasteiger partial charge in [-0.3, -0.25) is 4.79 Å². The van der Waals surface area contributed by atoms with Crippen LogP contribution in [0.4, 0.5) is 4.39 Å². The van der Waals surface area contributed by atoms with Crippen molar-refractivity contribution in [3.63, 3.8) is 0 Å². The Labute approximate surface area is 147 Å². The van der Waals surface area contributed by atoms with E-state index in [9.17, 15) is 9.18 Å². The molecule has 5 heteroatoms. The van der Waals surface area contributed by atoms with Crippen LogP contribution in [0.25, 0.3) is 6.08 Å². The van der Waals surface area contributed by atoms with Gasteiger partial charge in [-0.05, 0) is 43.7 Å². The van der Waals surface area contributed by atoms with Crippen LogP contribution in [0.1, 0.15) is 29.7 Å². The second kappa shape index (κ2) is 8.33. The summed E-state index contributed by atoms with van der Waals surface area (Å²) < 4.78 is 23.9. The monoisotopic (exact) mass is 343 g/mol. The molecule has 1 unspecified atom stereocenters. The number of rotatable bonds is 6. The van der Waals surface area contributed by atoms with E-state index in [0.29, 0.717) is 5.56 Å². The number of ether oxygens (including phenoxy) is 2. The van der Waals surface area contributed by atoms with E-state index in [-0.39, 0.29) is 17.7 Å². The molecular weight excluding hydrogens is 321 g/mol. The first-order chi connectivity index (χ1) is 11.9. The molecule has 0 aromatic heterocycles. The zero-order valence-electron chi connectivity index (χ0n) is 14.8. The highest BCUT2D eigenvalue weighted by atomic mass is 19.1. The summed E-state index contributed by atoms with van der Waals surface area (Å²) in [5, 5.41) is 2.88. The van der Waals surface area contributed by atoms with Gasteiger partial charge < -0.3 is 14.8 Å². The second-order valence-corrected chi connectivity index (χ2v) is 5.70. The van der Waals surface area contributed by atoms with Crippen LogP contribution in [0.2, 0.25) is 0 Å². The molecule has 1 atom stereocenters. The largest absolute Gasteiger partial charge is 0.496 e. The van der Waals surface area contributed by atoms with Gasteiger partial charge in [0.15, 0.2) is 11.6 Å². The average Bonchev–Trinajstić information content (AvgIpc) is 2.60. The molecule has 2 aromatic rings. The fraction of sp³-hybridized carbons (Fsp3) is 0.250. The minimum Gasteiger partial charge on any atom is -0.496 e. The minimum absolute atomic E-state index is 0.168. The van der Waals surface area contributed by atoms with Gasteiger partial charge in [0.1, 0.15) is 5.75 Å². The van der Waals surface area contributed by atoms with Crippen LogP contribution >= 0.6 is 0 Å². The van der Waals surface area contributed by atoms with Gasteiger partial charge in [0.25, 0.3) is 0 Å². The maximum Gasteiger partial charge on any atom is 0.244 e. The molecule has 0 saturated carbocycles. The van der Waals surface area contributed by atoms with Gasteiger partial charge >= 0.3 is 0 Å². The number of methoxy groups -OCH3 is 2. The first kappa shape index (κ1) is 18.5. The number of hydrogen-bond donors (Lipinski definition) is 1. The molecule has 0 radical (unpaired) electrons. The molecule has 0 saturated heterocycles. The highest BCUT2D eigenvalue weighted by Crippen LogP contribution is 2.26. The average molecular weight is 343 g/mol. The van der Waals surface area contributed by atoms with Crippen molar-refractivity contribution < 1.29 is 18.7 Å². The Morgan fingerprint density at radius 2 is 1.80 bits per heavy atom. The summed E-state index contributed by atoms with van der Waals surface area (Å²) in [4.78, 5) is 12.1. The van der Waals surface area contributed by atoms with Gasteiger partial charge in [-0.1, -0.05) is 23.8 Å². The van der Waals surface area contributed by atoms with Crippen LogP contribution in [0.15, 0.2) is 42.5 Å². The van der Waals surface area contributed by atoms with Gasteiger partial charge in [-0.25, -0.2) is 4.39 Å². The lowest BCUT2D eigenvalue weighted by molar-refractivity contribution is -0.117. The third kappa shape index (κ3) is 4.83. The van der Waals surface area contributed by atoms with Crippen molar-refractivity contribution in [2.75, 3.05) is 14.2 Å². The highest BCUT2D eigenvalue weighted by molar-refractivity contribution is 5.92. The Bertz CT molecular complexity index is 787. The zero-order chi connectivity index (χ0) is 18.4. The smallest absolute Gasteiger partial charge is 0.244 e. The fourth-order valence-corrected chi connectivity index (χ4v) is 2.49. The maximum atomic E-state index is 13.7. The number of aryl methyl sites for hydroxylation is 1. The lowest BCUT2D eigenvalue weighted by Gasteiger charge is -2.17. The van der Waals surface area contributed by atoms with Crippen molar-refractivity contribution in [3.8, 4) is 11.5 Å². The van der Waals surface area contributed by atoms with Gasteiger partial charge in [0.05, 0.1) is 20.3 Å². The molecule has 0 heterocycles. The topological polar surface area (TPSA) is 47.6 Å². The normalized spacial score (nSPS) is 12.0. The molecular formula is C20H22FNO3. The third-order valence-corrected chi connectivity index (χ3v) is 3.81. The van der Waals surface area contributed by atoms with Gasteiger partial charge in [0, 0.05) is 11.6 Å². The highest BCUT2D eigenvalue weighted by Gasteiger charge is 2.13. The first-order valence-corrected chi connectivity index (χ1v) is 7.91. The van der Waals surface area contributed by atoms with Crippen molar-refractivity contribution in [3.05, 3.63) is 65.0 Å². The Kier molecular flexibility index (Phi) is 6.17. The molecule has 0 bridgehead atoms. The summed E-state index contributed by atoms with van der Waals surface area (Å²) in [6.07, 6.45) is 2.93. The first-order valence-electron chi connectivity index (χ1n) is 7.91. The Hall–Kier alpha value is -2.82. The van der Waals surface area contributed by atoms with E-state index < -0.39 is 5.82 Å². The molecule has 25 heavy (non-hydrogen) atoms. The van der Waals surface area contributed by atoms with Crippen LogP contribution < -0.4 is 14.8 Å². The van der Waals surface area contributed by atoms with Crippen molar-refractivity contribution in [1.29, 1.82) is 0 Å². The number of benzene rings is 2. The fourth-order valence-electron chi connectivity index (χ4n) is 2.49. The molecule has 1 N–H and O–H groups in total. The molecule has 2 aromatic carbocycles. The van der Waals surface area contributed by atoms with E-state index in [1.807, 2.05) is 32.0 Å². The third-order valence-electron chi connectivity index (χ3n) is 3.81. The molecule has 0 fully saturated rings. The molecule has 0 aliphatic carbocycles. The predicted octanol–water partition coefficient (Wildman–Crippen LogP) is 4.04. The number of carbonyl (C=O) groups excluding carboxylic acids is 1. The molecule has 2 rings (SSSR count). The Balaban J connectivity index is 2.07. The van der Waals surface area contributed by atoms with Crippen LogP contribution in [0.3, 0.4) is 0 Å². The van der Waals surface area contributed by atoms with Crippen molar-refractivity contribution >= 4 is 12.0 Å². The SMILES string of the molecule is COc1ccc(/C=C/C(=O)NC(C)c2cc(C)ccc2OC)cc1F. The predicted molar refractivity (Wildman–Crippen MR) is 96.3 cm³/mol. The summed E-state index contributed by atoms with van der Waals surface area (Å²) in [5.41, 5.74) is 2.56.